The van der Waals surface area contributed by atoms with Crippen molar-refractivity contribution in [3.8, 4) is 0 Å². The highest BCUT2D eigenvalue weighted by Gasteiger charge is 2.45. The van der Waals surface area contributed by atoms with Gasteiger partial charge in [0, 0.05) is 13.0 Å². The number of aliphatic carboxylic acids is 1. The zero-order valence-electron chi connectivity index (χ0n) is 11.3. The molecule has 1 aliphatic carbocycles. The zero-order valence-corrected chi connectivity index (χ0v) is 11.3. The van der Waals surface area contributed by atoms with E-state index in [1.54, 1.807) is 6.07 Å². The second-order valence-corrected chi connectivity index (χ2v) is 5.37. The molecular weight excluding hydrogens is 258 g/mol. The molecule has 2 rings (SSSR count). The van der Waals surface area contributed by atoms with Crippen LogP contribution >= 0.6 is 0 Å². The van der Waals surface area contributed by atoms with Crippen LogP contribution in [-0.4, -0.2) is 22.1 Å². The molecule has 5 nitrogen and oxygen atoms in total. The van der Waals surface area contributed by atoms with Crippen LogP contribution in [-0.2, 0) is 22.7 Å². The van der Waals surface area contributed by atoms with Gasteiger partial charge in [0.15, 0.2) is 0 Å². The van der Waals surface area contributed by atoms with Crippen LogP contribution in [0.5, 0.6) is 0 Å². The average Bonchev–Trinajstić information content (AvgIpc) is 2.40. The second-order valence-electron chi connectivity index (χ2n) is 5.37. The molecule has 0 unspecified atom stereocenters. The Bertz CT molecular complexity index is 508. The molecule has 1 aromatic rings. The third-order valence-corrected chi connectivity index (χ3v) is 3.93. The van der Waals surface area contributed by atoms with E-state index in [0.717, 1.165) is 17.5 Å². The molecule has 1 amide bonds. The molecule has 0 atom stereocenters. The fourth-order valence-corrected chi connectivity index (χ4v) is 2.48. The highest BCUT2D eigenvalue weighted by Crippen LogP contribution is 2.44. The number of aliphatic hydroxyl groups is 1. The highest BCUT2D eigenvalue weighted by molar-refractivity contribution is 5.85. The second kappa shape index (κ2) is 6.05. The van der Waals surface area contributed by atoms with Crippen molar-refractivity contribution in [1.82, 2.24) is 5.32 Å². The minimum absolute atomic E-state index is 0.0378. The van der Waals surface area contributed by atoms with Gasteiger partial charge in [-0.1, -0.05) is 30.7 Å². The van der Waals surface area contributed by atoms with Crippen LogP contribution in [0, 0.1) is 5.41 Å². The minimum atomic E-state index is -0.874. The smallest absolute Gasteiger partial charge is 0.310 e. The maximum Gasteiger partial charge on any atom is 0.310 e. The molecular formula is C15H19NO4. The standard InChI is InChI=1S/C15H19NO4/c17-10-12-4-1-3-11(7-12)9-16-13(18)8-15(14(19)20)5-2-6-15/h1,3-4,7,17H,2,5-6,8-10H2,(H,16,18)(H,19,20). The van der Waals surface area contributed by atoms with E-state index >= 15 is 0 Å². The monoisotopic (exact) mass is 277 g/mol. The van der Waals surface area contributed by atoms with Gasteiger partial charge >= 0.3 is 5.97 Å². The van der Waals surface area contributed by atoms with Crippen molar-refractivity contribution in [2.24, 2.45) is 5.41 Å². The summed E-state index contributed by atoms with van der Waals surface area (Å²) in [5.74, 6) is -1.11. The lowest BCUT2D eigenvalue weighted by atomic mass is 9.66. The third-order valence-electron chi connectivity index (χ3n) is 3.93. The first-order valence-corrected chi connectivity index (χ1v) is 6.74. The number of nitrogens with one attached hydrogen (secondary N) is 1. The molecule has 1 aromatic carbocycles. The van der Waals surface area contributed by atoms with Crippen LogP contribution in [0.2, 0.25) is 0 Å². The molecule has 0 bridgehead atoms. The number of benzene rings is 1. The van der Waals surface area contributed by atoms with Crippen molar-refractivity contribution in [1.29, 1.82) is 0 Å². The Morgan fingerprint density at radius 3 is 2.50 bits per heavy atom. The summed E-state index contributed by atoms with van der Waals surface area (Å²) in [5, 5.41) is 21.0. The van der Waals surface area contributed by atoms with Crippen molar-refractivity contribution in [2.45, 2.75) is 38.8 Å². The lowest BCUT2D eigenvalue weighted by Crippen LogP contribution is -2.42. The van der Waals surface area contributed by atoms with Gasteiger partial charge in [-0.05, 0) is 24.0 Å². The van der Waals surface area contributed by atoms with Gasteiger partial charge in [-0.25, -0.2) is 0 Å². The average molecular weight is 277 g/mol. The summed E-state index contributed by atoms with van der Waals surface area (Å²) < 4.78 is 0. The molecule has 20 heavy (non-hydrogen) atoms. The number of carbonyl (C=O) groups is 2. The van der Waals surface area contributed by atoms with Gasteiger partial charge in [0.2, 0.25) is 5.91 Å². The normalized spacial score (nSPS) is 16.2. The number of aliphatic hydroxyl groups excluding tert-OH is 1. The van der Waals surface area contributed by atoms with Crippen molar-refractivity contribution in [3.63, 3.8) is 0 Å². The summed E-state index contributed by atoms with van der Waals surface area (Å²) in [6.45, 7) is 0.312. The predicted molar refractivity (Wildman–Crippen MR) is 72.7 cm³/mol. The Kier molecular flexibility index (Phi) is 4.39. The van der Waals surface area contributed by atoms with Crippen molar-refractivity contribution in [3.05, 3.63) is 35.4 Å². The van der Waals surface area contributed by atoms with E-state index in [-0.39, 0.29) is 18.9 Å². The Morgan fingerprint density at radius 1 is 1.25 bits per heavy atom. The van der Waals surface area contributed by atoms with Crippen molar-refractivity contribution >= 4 is 11.9 Å². The van der Waals surface area contributed by atoms with Crippen LogP contribution in [0.3, 0.4) is 0 Å². The maximum absolute atomic E-state index is 11.9. The molecule has 108 valence electrons. The third kappa shape index (κ3) is 3.17. The number of carboxylic acids is 1. The number of carbonyl (C=O) groups excluding carboxylic acids is 1. The fourth-order valence-electron chi connectivity index (χ4n) is 2.48. The molecule has 1 fully saturated rings. The Morgan fingerprint density at radius 2 is 1.95 bits per heavy atom. The van der Waals surface area contributed by atoms with Gasteiger partial charge in [-0.3, -0.25) is 9.59 Å². The predicted octanol–water partition coefficient (Wildman–Crippen LogP) is 1.44. The fraction of sp³-hybridized carbons (Fsp3) is 0.467. The van der Waals surface area contributed by atoms with E-state index in [0.29, 0.717) is 19.4 Å². The molecule has 0 aromatic heterocycles. The zero-order chi connectivity index (χ0) is 14.6. The van der Waals surface area contributed by atoms with E-state index < -0.39 is 11.4 Å². The molecule has 0 radical (unpaired) electrons. The molecule has 5 heteroatoms. The molecule has 0 heterocycles. The molecule has 1 aliphatic rings. The Hall–Kier alpha value is -1.88. The SMILES string of the molecule is O=C(CC1(C(=O)O)CCC1)NCc1cccc(CO)c1. The number of rotatable bonds is 6. The number of carboxylic acid groups (broad SMARTS) is 1. The summed E-state index contributed by atoms with van der Waals surface area (Å²) in [4.78, 5) is 23.0. The Balaban J connectivity index is 1.87. The van der Waals surface area contributed by atoms with E-state index in [1.807, 2.05) is 18.2 Å². The molecule has 0 aliphatic heterocycles. The van der Waals surface area contributed by atoms with Gasteiger partial charge in [-0.2, -0.15) is 0 Å². The first kappa shape index (κ1) is 14.5. The Labute approximate surface area is 117 Å². The van der Waals surface area contributed by atoms with Gasteiger partial charge in [-0.15, -0.1) is 0 Å². The van der Waals surface area contributed by atoms with Crippen LogP contribution in [0.4, 0.5) is 0 Å². The van der Waals surface area contributed by atoms with E-state index in [9.17, 15) is 14.7 Å². The topological polar surface area (TPSA) is 86.6 Å². The summed E-state index contributed by atoms with van der Waals surface area (Å²) in [7, 11) is 0. The number of hydrogen-bond donors (Lipinski definition) is 3. The molecule has 0 spiro atoms. The highest BCUT2D eigenvalue weighted by atomic mass is 16.4. The first-order chi connectivity index (χ1) is 9.55. The molecule has 1 saturated carbocycles. The van der Waals surface area contributed by atoms with Gasteiger partial charge in [0.25, 0.3) is 0 Å². The lowest BCUT2D eigenvalue weighted by molar-refractivity contribution is -0.157. The number of amides is 1. The molecule has 3 N–H and O–H groups in total. The van der Waals surface area contributed by atoms with Crippen LogP contribution < -0.4 is 5.32 Å². The van der Waals surface area contributed by atoms with E-state index in [1.165, 1.54) is 0 Å². The van der Waals surface area contributed by atoms with E-state index in [2.05, 4.69) is 5.32 Å². The lowest BCUT2D eigenvalue weighted by Gasteiger charge is -2.36. The maximum atomic E-state index is 11.9. The summed E-state index contributed by atoms with van der Waals surface area (Å²) in [6.07, 6.45) is 2.08. The van der Waals surface area contributed by atoms with Gasteiger partial charge < -0.3 is 15.5 Å². The summed E-state index contributed by atoms with van der Waals surface area (Å²) in [6, 6.07) is 7.29. The van der Waals surface area contributed by atoms with Crippen molar-refractivity contribution < 1.29 is 19.8 Å². The van der Waals surface area contributed by atoms with Crippen LogP contribution in [0.15, 0.2) is 24.3 Å². The van der Waals surface area contributed by atoms with Gasteiger partial charge in [0.1, 0.15) is 0 Å². The van der Waals surface area contributed by atoms with Crippen molar-refractivity contribution in [2.75, 3.05) is 0 Å². The largest absolute Gasteiger partial charge is 0.481 e. The van der Waals surface area contributed by atoms with Gasteiger partial charge in [0.05, 0.1) is 12.0 Å². The molecule has 0 saturated heterocycles. The first-order valence-electron chi connectivity index (χ1n) is 6.74. The van der Waals surface area contributed by atoms with Crippen LogP contribution in [0.25, 0.3) is 0 Å². The summed E-state index contributed by atoms with van der Waals surface area (Å²) in [5.41, 5.74) is 0.831. The quantitative estimate of drug-likeness (QED) is 0.734. The van der Waals surface area contributed by atoms with Crippen LogP contribution in [0.1, 0.15) is 36.8 Å². The number of hydrogen-bond acceptors (Lipinski definition) is 3. The summed E-state index contributed by atoms with van der Waals surface area (Å²) >= 11 is 0. The van der Waals surface area contributed by atoms with E-state index in [4.69, 9.17) is 5.11 Å². The minimum Gasteiger partial charge on any atom is -0.481 e.